The molecule has 1 fully saturated rings. The van der Waals surface area contributed by atoms with E-state index in [2.05, 4.69) is 10.3 Å². The fourth-order valence-corrected chi connectivity index (χ4v) is 2.74. The highest BCUT2D eigenvalue weighted by Gasteiger charge is 2.22. The molecule has 1 saturated heterocycles. The van der Waals surface area contributed by atoms with Gasteiger partial charge in [-0.15, -0.1) is 0 Å². The van der Waals surface area contributed by atoms with E-state index in [-0.39, 0.29) is 12.6 Å². The molecular weight excluding hydrogens is 294 g/mol. The Morgan fingerprint density at radius 1 is 1.43 bits per heavy atom. The summed E-state index contributed by atoms with van der Waals surface area (Å²) >= 11 is 0. The first-order chi connectivity index (χ1) is 11.2. The summed E-state index contributed by atoms with van der Waals surface area (Å²) in [5.74, 6) is 0.859. The molecule has 1 aliphatic heterocycles. The molecule has 0 atom stereocenters. The Morgan fingerprint density at radius 2 is 2.22 bits per heavy atom. The van der Waals surface area contributed by atoms with Gasteiger partial charge in [-0.25, -0.2) is 9.78 Å². The predicted molar refractivity (Wildman–Crippen MR) is 87.1 cm³/mol. The van der Waals surface area contributed by atoms with E-state index in [4.69, 9.17) is 9.52 Å². The Labute approximate surface area is 135 Å². The Balaban J connectivity index is 1.65. The number of anilines is 1. The van der Waals surface area contributed by atoms with E-state index >= 15 is 0 Å². The van der Waals surface area contributed by atoms with Crippen LogP contribution in [0.15, 0.2) is 34.9 Å². The molecule has 122 valence electrons. The monoisotopic (exact) mass is 315 g/mol. The average molecular weight is 315 g/mol. The van der Waals surface area contributed by atoms with E-state index in [1.54, 1.807) is 11.2 Å². The van der Waals surface area contributed by atoms with Crippen molar-refractivity contribution in [3.8, 4) is 11.5 Å². The van der Waals surface area contributed by atoms with Crippen molar-refractivity contribution in [2.75, 3.05) is 25.0 Å². The molecule has 0 aliphatic carbocycles. The zero-order valence-electron chi connectivity index (χ0n) is 13.2. The first-order valence-electron chi connectivity index (χ1n) is 7.85. The van der Waals surface area contributed by atoms with E-state index in [1.807, 2.05) is 31.2 Å². The third-order valence-electron chi connectivity index (χ3n) is 4.14. The van der Waals surface area contributed by atoms with E-state index in [1.165, 1.54) is 0 Å². The summed E-state index contributed by atoms with van der Waals surface area (Å²) in [6.07, 6.45) is 3.30. The van der Waals surface area contributed by atoms with Crippen LogP contribution < -0.4 is 5.32 Å². The highest BCUT2D eigenvalue weighted by Crippen LogP contribution is 2.23. The van der Waals surface area contributed by atoms with Crippen LogP contribution in [-0.2, 0) is 0 Å². The summed E-state index contributed by atoms with van der Waals surface area (Å²) < 4.78 is 5.39. The van der Waals surface area contributed by atoms with Crippen LogP contribution in [0.25, 0.3) is 11.5 Å². The lowest BCUT2D eigenvalue weighted by Crippen LogP contribution is -2.41. The first-order valence-corrected chi connectivity index (χ1v) is 7.85. The fourth-order valence-electron chi connectivity index (χ4n) is 2.74. The van der Waals surface area contributed by atoms with Gasteiger partial charge in [-0.2, -0.15) is 0 Å². The van der Waals surface area contributed by atoms with Crippen LogP contribution in [0.2, 0.25) is 0 Å². The number of rotatable bonds is 3. The number of carbonyl (C=O) groups excluding carboxylic acids is 1. The topological polar surface area (TPSA) is 78.6 Å². The normalized spacial score (nSPS) is 15.7. The Bertz CT molecular complexity index is 675. The lowest BCUT2D eigenvalue weighted by molar-refractivity contribution is 0.143. The van der Waals surface area contributed by atoms with Gasteiger partial charge in [0.2, 0.25) is 5.89 Å². The minimum atomic E-state index is -0.109. The summed E-state index contributed by atoms with van der Waals surface area (Å²) in [4.78, 5) is 18.4. The van der Waals surface area contributed by atoms with Gasteiger partial charge >= 0.3 is 6.03 Å². The maximum Gasteiger partial charge on any atom is 0.321 e. The van der Waals surface area contributed by atoms with Gasteiger partial charge in [-0.1, -0.05) is 6.07 Å². The number of aliphatic hydroxyl groups excluding tert-OH is 1. The standard InChI is InChI=1S/C17H21N3O3/c1-12-11-23-16(18-12)14-3-2-4-15(9-14)19-17(22)20-7-5-13(10-21)6-8-20/h2-4,9,11,13,21H,5-8,10H2,1H3,(H,19,22). The highest BCUT2D eigenvalue weighted by molar-refractivity contribution is 5.90. The number of aryl methyl sites for hydroxylation is 1. The number of hydrogen-bond acceptors (Lipinski definition) is 4. The third kappa shape index (κ3) is 3.71. The largest absolute Gasteiger partial charge is 0.444 e. The van der Waals surface area contributed by atoms with Crippen molar-refractivity contribution in [3.05, 3.63) is 36.2 Å². The van der Waals surface area contributed by atoms with Crippen molar-refractivity contribution < 1.29 is 14.3 Å². The molecule has 0 spiro atoms. The molecule has 2 N–H and O–H groups in total. The lowest BCUT2D eigenvalue weighted by atomic mass is 9.98. The smallest absolute Gasteiger partial charge is 0.321 e. The van der Waals surface area contributed by atoms with Crippen molar-refractivity contribution in [2.45, 2.75) is 19.8 Å². The lowest BCUT2D eigenvalue weighted by Gasteiger charge is -2.31. The second-order valence-corrected chi connectivity index (χ2v) is 5.92. The van der Waals surface area contributed by atoms with Crippen molar-refractivity contribution in [1.29, 1.82) is 0 Å². The van der Waals surface area contributed by atoms with E-state index < -0.39 is 0 Å². The van der Waals surface area contributed by atoms with Crippen LogP contribution >= 0.6 is 0 Å². The second kappa shape index (κ2) is 6.83. The van der Waals surface area contributed by atoms with Gasteiger partial charge in [0.15, 0.2) is 0 Å². The van der Waals surface area contributed by atoms with Gasteiger partial charge in [0.05, 0.1) is 5.69 Å². The van der Waals surface area contributed by atoms with Crippen LogP contribution in [-0.4, -0.2) is 40.7 Å². The van der Waals surface area contributed by atoms with Gasteiger partial charge in [0.25, 0.3) is 0 Å². The Kier molecular flexibility index (Phi) is 4.62. The Morgan fingerprint density at radius 3 is 2.87 bits per heavy atom. The number of hydrogen-bond donors (Lipinski definition) is 2. The quantitative estimate of drug-likeness (QED) is 0.913. The number of oxazole rings is 1. The molecule has 3 rings (SSSR count). The molecule has 0 radical (unpaired) electrons. The molecule has 0 bridgehead atoms. The molecule has 1 aromatic heterocycles. The van der Waals surface area contributed by atoms with Crippen molar-refractivity contribution >= 4 is 11.7 Å². The highest BCUT2D eigenvalue weighted by atomic mass is 16.3. The van der Waals surface area contributed by atoms with E-state index in [0.29, 0.717) is 30.6 Å². The minimum Gasteiger partial charge on any atom is -0.444 e. The molecule has 1 aliphatic rings. The summed E-state index contributed by atoms with van der Waals surface area (Å²) in [5.41, 5.74) is 2.36. The third-order valence-corrected chi connectivity index (χ3v) is 4.14. The molecule has 0 unspecified atom stereocenters. The number of nitrogens with zero attached hydrogens (tertiary/aromatic N) is 2. The van der Waals surface area contributed by atoms with Crippen LogP contribution in [0, 0.1) is 12.8 Å². The van der Waals surface area contributed by atoms with Crippen LogP contribution in [0.4, 0.5) is 10.5 Å². The van der Waals surface area contributed by atoms with Gasteiger partial charge in [0.1, 0.15) is 6.26 Å². The zero-order valence-corrected chi connectivity index (χ0v) is 13.2. The van der Waals surface area contributed by atoms with Crippen LogP contribution in [0.1, 0.15) is 18.5 Å². The molecule has 2 amide bonds. The molecule has 2 aromatic rings. The predicted octanol–water partition coefficient (Wildman–Crippen LogP) is 2.89. The fraction of sp³-hybridized carbons (Fsp3) is 0.412. The Hall–Kier alpha value is -2.34. The summed E-state index contributed by atoms with van der Waals surface area (Å²) in [5, 5.41) is 12.1. The number of amides is 2. The van der Waals surface area contributed by atoms with E-state index in [9.17, 15) is 4.79 Å². The number of piperidine rings is 1. The SMILES string of the molecule is Cc1coc(-c2cccc(NC(=O)N3CCC(CO)CC3)c2)n1. The molecule has 6 nitrogen and oxygen atoms in total. The summed E-state index contributed by atoms with van der Waals surface area (Å²) in [6.45, 7) is 3.42. The second-order valence-electron chi connectivity index (χ2n) is 5.92. The van der Waals surface area contributed by atoms with Gasteiger partial charge in [0, 0.05) is 30.9 Å². The number of aromatic nitrogens is 1. The number of urea groups is 1. The van der Waals surface area contributed by atoms with Crippen molar-refractivity contribution in [3.63, 3.8) is 0 Å². The van der Waals surface area contributed by atoms with Gasteiger partial charge in [-0.05, 0) is 43.9 Å². The molecule has 0 saturated carbocycles. The van der Waals surface area contributed by atoms with Crippen LogP contribution in [0.3, 0.4) is 0 Å². The number of nitrogens with one attached hydrogen (secondary N) is 1. The number of benzene rings is 1. The summed E-state index contributed by atoms with van der Waals surface area (Å²) in [6, 6.07) is 7.35. The van der Waals surface area contributed by atoms with Crippen molar-refractivity contribution in [1.82, 2.24) is 9.88 Å². The van der Waals surface area contributed by atoms with Crippen LogP contribution in [0.5, 0.6) is 0 Å². The maximum absolute atomic E-state index is 12.3. The molecule has 23 heavy (non-hydrogen) atoms. The first kappa shape index (κ1) is 15.6. The molecule has 1 aromatic carbocycles. The molecule has 2 heterocycles. The molecular formula is C17H21N3O3. The maximum atomic E-state index is 12.3. The van der Waals surface area contributed by atoms with Crippen molar-refractivity contribution in [2.24, 2.45) is 5.92 Å². The van der Waals surface area contributed by atoms with Gasteiger partial charge < -0.3 is 19.7 Å². The average Bonchev–Trinajstić information content (AvgIpc) is 3.02. The summed E-state index contributed by atoms with van der Waals surface area (Å²) in [7, 11) is 0. The molecule has 6 heteroatoms. The number of aliphatic hydroxyl groups is 1. The minimum absolute atomic E-state index is 0.109. The van der Waals surface area contributed by atoms with Gasteiger partial charge in [-0.3, -0.25) is 0 Å². The zero-order chi connectivity index (χ0) is 16.2. The number of carbonyl (C=O) groups is 1. The number of likely N-dealkylation sites (tertiary alicyclic amines) is 1. The van der Waals surface area contributed by atoms with E-state index in [0.717, 1.165) is 24.1 Å².